The Hall–Kier alpha value is -2.33. The first-order valence-electron chi connectivity index (χ1n) is 6.53. The van der Waals surface area contributed by atoms with Crippen molar-refractivity contribution >= 4 is 28.5 Å². The number of rotatable bonds is 2. The molecule has 0 saturated heterocycles. The van der Waals surface area contributed by atoms with Crippen molar-refractivity contribution in [2.75, 3.05) is 0 Å². The quantitative estimate of drug-likeness (QED) is 0.837. The van der Waals surface area contributed by atoms with E-state index in [4.69, 9.17) is 16.7 Å². The smallest absolute Gasteiger partial charge is 0.309 e. The summed E-state index contributed by atoms with van der Waals surface area (Å²) in [5.74, 6) is -0.852. The van der Waals surface area contributed by atoms with Gasteiger partial charge < -0.3 is 5.11 Å². The first-order valence-corrected chi connectivity index (χ1v) is 6.96. The monoisotopic (exact) mass is 300 g/mol. The first-order chi connectivity index (χ1) is 10.1. The van der Waals surface area contributed by atoms with E-state index >= 15 is 0 Å². The van der Waals surface area contributed by atoms with Crippen molar-refractivity contribution < 1.29 is 9.90 Å². The van der Waals surface area contributed by atoms with Crippen LogP contribution in [-0.2, 0) is 11.2 Å². The zero-order valence-electron chi connectivity index (χ0n) is 11.1. The van der Waals surface area contributed by atoms with Crippen LogP contribution in [0.1, 0.15) is 5.69 Å². The van der Waals surface area contributed by atoms with Crippen molar-refractivity contribution in [3.05, 3.63) is 65.4 Å². The van der Waals surface area contributed by atoms with Gasteiger partial charge in [0.2, 0.25) is 0 Å². The van der Waals surface area contributed by atoms with E-state index in [0.29, 0.717) is 5.69 Å². The number of para-hydroxylation sites is 1. The molecule has 0 unspecified atom stereocenters. The second kappa shape index (κ2) is 5.58. The van der Waals surface area contributed by atoms with Crippen LogP contribution in [0.15, 0.2) is 59.7 Å². The van der Waals surface area contributed by atoms with Gasteiger partial charge in [0.25, 0.3) is 0 Å². The van der Waals surface area contributed by atoms with Gasteiger partial charge in [-0.25, -0.2) is 0 Å². The molecule has 0 saturated carbocycles. The molecule has 2 N–H and O–H groups in total. The molecule has 106 valence electrons. The lowest BCUT2D eigenvalue weighted by Gasteiger charge is -1.94. The number of carbonyl (C=O) groups is 1. The second-order valence-electron chi connectivity index (χ2n) is 4.82. The van der Waals surface area contributed by atoms with Crippen molar-refractivity contribution in [2.45, 2.75) is 11.8 Å². The molecule has 2 aromatic rings. The summed E-state index contributed by atoms with van der Waals surface area (Å²) in [6.45, 7) is 0. The van der Waals surface area contributed by atoms with E-state index in [2.05, 4.69) is 34.5 Å². The van der Waals surface area contributed by atoms with Crippen molar-refractivity contribution in [3.8, 4) is 0 Å². The minimum Gasteiger partial charge on any atom is -0.481 e. The maximum absolute atomic E-state index is 10.5. The zero-order valence-corrected chi connectivity index (χ0v) is 11.8. The average Bonchev–Trinajstić information content (AvgIpc) is 3.15. The van der Waals surface area contributed by atoms with Crippen LogP contribution in [0.2, 0.25) is 0 Å². The van der Waals surface area contributed by atoms with Gasteiger partial charge in [0.1, 0.15) is 0 Å². The lowest BCUT2D eigenvalue weighted by molar-refractivity contribution is -0.136. The molecule has 2 bridgehead atoms. The van der Waals surface area contributed by atoms with Crippen LogP contribution in [0.4, 0.5) is 0 Å². The molecule has 0 spiro atoms. The van der Waals surface area contributed by atoms with E-state index in [9.17, 15) is 4.79 Å². The Morgan fingerprint density at radius 3 is 2.43 bits per heavy atom. The van der Waals surface area contributed by atoms with Crippen molar-refractivity contribution in [3.63, 3.8) is 0 Å². The van der Waals surface area contributed by atoms with Crippen molar-refractivity contribution in [2.24, 2.45) is 0 Å². The van der Waals surface area contributed by atoms with E-state index in [-0.39, 0.29) is 11.8 Å². The van der Waals surface area contributed by atoms with Crippen LogP contribution in [0, 0.1) is 0 Å². The van der Waals surface area contributed by atoms with Gasteiger partial charge in [-0.1, -0.05) is 42.5 Å². The summed E-state index contributed by atoms with van der Waals surface area (Å²) in [6.07, 6.45) is 8.24. The summed E-state index contributed by atoms with van der Waals surface area (Å²) in [6, 6.07) is 7.44. The molecule has 21 heavy (non-hydrogen) atoms. The Morgan fingerprint density at radius 1 is 1.24 bits per heavy atom. The number of carboxylic acid groups (broad SMARTS) is 1. The summed E-state index contributed by atoms with van der Waals surface area (Å²) in [7, 11) is 0. The number of hydrogen-bond acceptors (Lipinski definition) is 2. The topological polar surface area (TPSA) is 66.0 Å². The predicted octanol–water partition coefficient (Wildman–Crippen LogP) is 3.22. The molecule has 0 atom stereocenters. The number of hydrogen-bond donors (Lipinski definition) is 2. The highest BCUT2D eigenvalue weighted by Crippen LogP contribution is 2.32. The van der Waals surface area contributed by atoms with E-state index in [1.54, 1.807) is 0 Å². The number of alkyl halides is 1. The molecular weight excluding hydrogens is 288 g/mol. The van der Waals surface area contributed by atoms with E-state index in [1.165, 1.54) is 11.1 Å². The van der Waals surface area contributed by atoms with Gasteiger partial charge in [-0.15, -0.1) is 11.6 Å². The Balaban J connectivity index is 0.000000140. The summed E-state index contributed by atoms with van der Waals surface area (Å²) in [4.78, 5) is 10.5. The fourth-order valence-electron chi connectivity index (χ4n) is 2.33. The highest BCUT2D eigenvalue weighted by atomic mass is 35.5. The third kappa shape index (κ3) is 2.76. The van der Waals surface area contributed by atoms with Gasteiger partial charge in [-0.2, -0.15) is 5.10 Å². The number of halogens is 1. The van der Waals surface area contributed by atoms with Gasteiger partial charge in [0, 0.05) is 5.39 Å². The maximum Gasteiger partial charge on any atom is 0.309 e. The molecule has 2 aliphatic carbocycles. The first kappa shape index (κ1) is 13.6. The highest BCUT2D eigenvalue weighted by Gasteiger charge is 2.21. The van der Waals surface area contributed by atoms with Gasteiger partial charge in [-0.05, 0) is 17.2 Å². The van der Waals surface area contributed by atoms with Crippen LogP contribution in [-0.4, -0.2) is 26.7 Å². The minimum atomic E-state index is -0.852. The Kier molecular flexibility index (Phi) is 3.62. The standard InChI is InChI=1S/C9H8N2O2.C7H5Cl/c12-9(13)5-8-6-3-1-2-4-7(6)10-11-8;8-7-5-1-2-6(7)4-3-5/h1-4H,5H2,(H,10,11)(H,12,13);1-4,7H. The molecular formula is C16H13ClN2O2. The summed E-state index contributed by atoms with van der Waals surface area (Å²) >= 11 is 5.88. The summed E-state index contributed by atoms with van der Waals surface area (Å²) in [5.41, 5.74) is 3.94. The number of fused-ring (bicyclic) bond motifs is 3. The fraction of sp³-hybridized carbons (Fsp3) is 0.125. The SMILES string of the molecule is ClC1C2=CC=C1C=C2.O=C(O)Cc1[nH]nc2ccccc12. The van der Waals surface area contributed by atoms with Crippen LogP contribution >= 0.6 is 11.6 Å². The summed E-state index contributed by atoms with van der Waals surface area (Å²) in [5, 5.41) is 16.4. The van der Waals surface area contributed by atoms with E-state index in [1.807, 2.05) is 24.3 Å². The van der Waals surface area contributed by atoms with Gasteiger partial charge in [-0.3, -0.25) is 9.89 Å². The van der Waals surface area contributed by atoms with Crippen molar-refractivity contribution in [1.29, 1.82) is 0 Å². The van der Waals surface area contributed by atoms with Gasteiger partial charge in [0.05, 0.1) is 23.0 Å². The number of nitrogens with zero attached hydrogens (tertiary/aromatic N) is 1. The van der Waals surface area contributed by atoms with Crippen LogP contribution < -0.4 is 0 Å². The number of H-pyrrole nitrogens is 1. The molecule has 1 aromatic heterocycles. The van der Waals surface area contributed by atoms with Gasteiger partial charge >= 0.3 is 5.97 Å². The number of carboxylic acids is 1. The molecule has 0 amide bonds. The van der Waals surface area contributed by atoms with E-state index in [0.717, 1.165) is 10.9 Å². The largest absolute Gasteiger partial charge is 0.481 e. The number of benzene rings is 1. The van der Waals surface area contributed by atoms with Crippen LogP contribution in [0.25, 0.3) is 10.9 Å². The van der Waals surface area contributed by atoms with Crippen LogP contribution in [0.3, 0.4) is 0 Å². The fourth-order valence-corrected chi connectivity index (χ4v) is 2.62. The minimum absolute atomic E-state index is 0.0134. The normalized spacial score (nSPS) is 15.7. The Bertz CT molecular complexity index is 764. The lowest BCUT2D eigenvalue weighted by Crippen LogP contribution is -2.00. The van der Waals surface area contributed by atoms with Crippen LogP contribution in [0.5, 0.6) is 0 Å². The molecule has 0 aliphatic heterocycles. The zero-order chi connectivity index (χ0) is 14.8. The second-order valence-corrected chi connectivity index (χ2v) is 5.26. The average molecular weight is 301 g/mol. The molecule has 2 aliphatic rings. The third-order valence-electron chi connectivity index (χ3n) is 3.39. The summed E-state index contributed by atoms with van der Waals surface area (Å²) < 4.78 is 0. The lowest BCUT2D eigenvalue weighted by atomic mass is 10.2. The Morgan fingerprint density at radius 2 is 1.90 bits per heavy atom. The number of aliphatic carboxylic acids is 1. The number of aromatic nitrogens is 2. The van der Waals surface area contributed by atoms with Gasteiger partial charge in [0.15, 0.2) is 0 Å². The van der Waals surface area contributed by atoms with E-state index < -0.39 is 5.97 Å². The highest BCUT2D eigenvalue weighted by molar-refractivity contribution is 6.25. The number of allylic oxidation sites excluding steroid dienone is 6. The maximum atomic E-state index is 10.5. The third-order valence-corrected chi connectivity index (χ3v) is 3.89. The molecule has 0 fully saturated rings. The molecule has 4 nitrogen and oxygen atoms in total. The molecule has 1 aromatic carbocycles. The Labute approximate surface area is 126 Å². The van der Waals surface area contributed by atoms with Crippen molar-refractivity contribution in [1.82, 2.24) is 10.2 Å². The number of nitrogens with one attached hydrogen (secondary N) is 1. The molecule has 4 rings (SSSR count). The predicted molar refractivity (Wildman–Crippen MR) is 82.4 cm³/mol. The molecule has 1 heterocycles. The molecule has 5 heteroatoms. The molecule has 0 radical (unpaired) electrons. The number of aromatic amines is 1.